The Hall–Kier alpha value is -2.01. The Morgan fingerprint density at radius 2 is 1.82 bits per heavy atom. The number of hydrogen-bond donors (Lipinski definition) is 0. The number of amides is 2. The third kappa shape index (κ3) is 4.19. The molecule has 0 aromatic heterocycles. The highest BCUT2D eigenvalue weighted by molar-refractivity contribution is 6.34. The van der Waals surface area contributed by atoms with Crippen molar-refractivity contribution >= 4 is 29.2 Å². The molecule has 0 spiro atoms. The van der Waals surface area contributed by atoms with Gasteiger partial charge in [0.15, 0.2) is 0 Å². The van der Waals surface area contributed by atoms with Gasteiger partial charge in [-0.3, -0.25) is 4.84 Å². The van der Waals surface area contributed by atoms with Crippen LogP contribution in [0.15, 0.2) is 61.2 Å². The topological polar surface area (TPSA) is 32.8 Å². The zero-order valence-electron chi connectivity index (χ0n) is 16.1. The van der Waals surface area contributed by atoms with E-state index in [0.717, 1.165) is 17.5 Å². The highest BCUT2D eigenvalue weighted by Crippen LogP contribution is 2.38. The first-order valence-corrected chi connectivity index (χ1v) is 9.96. The van der Waals surface area contributed by atoms with Crippen molar-refractivity contribution in [2.24, 2.45) is 0 Å². The Morgan fingerprint density at radius 1 is 1.18 bits per heavy atom. The monoisotopic (exact) mass is 418 g/mol. The molecule has 1 unspecified atom stereocenters. The molecule has 1 aliphatic rings. The second-order valence-electron chi connectivity index (χ2n) is 7.28. The van der Waals surface area contributed by atoms with Crippen LogP contribution < -0.4 is 0 Å². The van der Waals surface area contributed by atoms with Gasteiger partial charge in [0.05, 0.1) is 18.2 Å². The fourth-order valence-electron chi connectivity index (χ4n) is 3.55. The van der Waals surface area contributed by atoms with Gasteiger partial charge >= 0.3 is 6.03 Å². The summed E-state index contributed by atoms with van der Waals surface area (Å²) in [6.07, 6.45) is 2.38. The number of hydroxylamine groups is 2. The number of carbonyl (C=O) groups is 1. The van der Waals surface area contributed by atoms with Crippen LogP contribution in [-0.2, 0) is 10.4 Å². The largest absolute Gasteiger partial charge is 0.345 e. The van der Waals surface area contributed by atoms with Crippen LogP contribution in [0.1, 0.15) is 37.4 Å². The SMILES string of the molecule is C=CCON1C(=O)N(C(C)(C)c2cc(Cl)cc(Cl)c2)CCC1c1ccccc1. The van der Waals surface area contributed by atoms with E-state index in [1.165, 1.54) is 5.06 Å². The van der Waals surface area contributed by atoms with Gasteiger partial charge in [-0.25, -0.2) is 4.79 Å². The quantitative estimate of drug-likeness (QED) is 0.521. The average molecular weight is 419 g/mol. The van der Waals surface area contributed by atoms with Gasteiger partial charge in [-0.05, 0) is 49.6 Å². The van der Waals surface area contributed by atoms with Crippen LogP contribution >= 0.6 is 23.2 Å². The average Bonchev–Trinajstić information content (AvgIpc) is 2.66. The second-order valence-corrected chi connectivity index (χ2v) is 8.15. The van der Waals surface area contributed by atoms with Crippen LogP contribution in [-0.4, -0.2) is 29.1 Å². The van der Waals surface area contributed by atoms with E-state index >= 15 is 0 Å². The molecule has 1 fully saturated rings. The molecule has 3 rings (SSSR count). The van der Waals surface area contributed by atoms with E-state index in [9.17, 15) is 4.79 Å². The van der Waals surface area contributed by atoms with Gasteiger partial charge in [-0.1, -0.05) is 59.6 Å². The van der Waals surface area contributed by atoms with E-state index in [1.807, 2.05) is 56.3 Å². The van der Waals surface area contributed by atoms with Gasteiger partial charge in [0.1, 0.15) is 0 Å². The van der Waals surface area contributed by atoms with Crippen LogP contribution in [0.4, 0.5) is 4.79 Å². The summed E-state index contributed by atoms with van der Waals surface area (Å²) in [6, 6.07) is 15.0. The third-order valence-electron chi connectivity index (χ3n) is 5.09. The standard InChI is InChI=1S/C22H24Cl2N2O2/c1-4-12-28-26-20(16-8-6-5-7-9-16)10-11-25(21(26)27)22(2,3)17-13-18(23)15-19(24)14-17/h4-9,13-15,20H,1,10-12H2,2-3H3. The van der Waals surface area contributed by atoms with E-state index in [4.69, 9.17) is 28.0 Å². The molecule has 6 heteroatoms. The van der Waals surface area contributed by atoms with Crippen molar-refractivity contribution < 1.29 is 9.63 Å². The summed E-state index contributed by atoms with van der Waals surface area (Å²) in [7, 11) is 0. The van der Waals surface area contributed by atoms with Crippen molar-refractivity contribution in [1.82, 2.24) is 9.96 Å². The molecule has 2 aromatic rings. The number of carbonyl (C=O) groups excluding carboxylic acids is 1. The van der Waals surface area contributed by atoms with Crippen molar-refractivity contribution in [3.05, 3.63) is 82.4 Å². The second kappa shape index (κ2) is 8.56. The molecule has 148 valence electrons. The Morgan fingerprint density at radius 3 is 2.43 bits per heavy atom. The van der Waals surface area contributed by atoms with E-state index in [2.05, 4.69) is 6.58 Å². The fourth-order valence-corrected chi connectivity index (χ4v) is 4.08. The molecule has 1 aliphatic heterocycles. The summed E-state index contributed by atoms with van der Waals surface area (Å²) < 4.78 is 0. The zero-order chi connectivity index (χ0) is 20.3. The maximum atomic E-state index is 13.4. The fraction of sp³-hybridized carbons (Fsp3) is 0.318. The highest BCUT2D eigenvalue weighted by Gasteiger charge is 2.42. The van der Waals surface area contributed by atoms with Crippen molar-refractivity contribution in [3.63, 3.8) is 0 Å². The van der Waals surface area contributed by atoms with E-state index in [0.29, 0.717) is 16.6 Å². The van der Waals surface area contributed by atoms with Crippen LogP contribution in [0, 0.1) is 0 Å². The lowest BCUT2D eigenvalue weighted by Crippen LogP contribution is -2.56. The maximum Gasteiger partial charge on any atom is 0.345 e. The first kappa shape index (κ1) is 20.7. The molecule has 4 nitrogen and oxygen atoms in total. The number of nitrogens with zero attached hydrogens (tertiary/aromatic N) is 2. The Kier molecular flexibility index (Phi) is 6.33. The lowest BCUT2D eigenvalue weighted by Gasteiger charge is -2.47. The van der Waals surface area contributed by atoms with Gasteiger partial charge in [0.25, 0.3) is 0 Å². The number of rotatable bonds is 6. The van der Waals surface area contributed by atoms with Gasteiger partial charge < -0.3 is 4.90 Å². The minimum atomic E-state index is -0.608. The van der Waals surface area contributed by atoms with E-state index in [1.54, 1.807) is 17.0 Å². The molecule has 1 heterocycles. The first-order valence-electron chi connectivity index (χ1n) is 9.20. The number of hydrogen-bond acceptors (Lipinski definition) is 2. The Labute approximate surface area is 176 Å². The number of benzene rings is 2. The molecular weight excluding hydrogens is 395 g/mol. The van der Waals surface area contributed by atoms with Crippen LogP contribution in [0.5, 0.6) is 0 Å². The molecule has 2 amide bonds. The Bertz CT molecular complexity index is 835. The molecular formula is C22H24Cl2N2O2. The summed E-state index contributed by atoms with van der Waals surface area (Å²) in [6.45, 7) is 8.51. The van der Waals surface area contributed by atoms with Gasteiger partial charge in [0, 0.05) is 16.6 Å². The van der Waals surface area contributed by atoms with Crippen LogP contribution in [0.25, 0.3) is 0 Å². The van der Waals surface area contributed by atoms with Gasteiger partial charge in [-0.15, -0.1) is 6.58 Å². The lowest BCUT2D eigenvalue weighted by atomic mass is 9.90. The maximum absolute atomic E-state index is 13.4. The zero-order valence-corrected chi connectivity index (χ0v) is 17.6. The van der Waals surface area contributed by atoms with E-state index < -0.39 is 5.54 Å². The minimum absolute atomic E-state index is 0.149. The molecule has 0 aliphatic carbocycles. The smallest absolute Gasteiger partial charge is 0.314 e. The summed E-state index contributed by atoms with van der Waals surface area (Å²) in [4.78, 5) is 21.0. The molecule has 28 heavy (non-hydrogen) atoms. The molecule has 1 atom stereocenters. The Balaban J connectivity index is 1.93. The summed E-state index contributed by atoms with van der Waals surface area (Å²) in [5, 5.41) is 2.55. The van der Waals surface area contributed by atoms with Gasteiger partial charge in [-0.2, -0.15) is 5.06 Å². The molecule has 0 saturated carbocycles. The van der Waals surface area contributed by atoms with E-state index in [-0.39, 0.29) is 18.7 Å². The van der Waals surface area contributed by atoms with Crippen molar-refractivity contribution in [2.45, 2.75) is 31.8 Å². The molecule has 1 saturated heterocycles. The summed E-state index contributed by atoms with van der Waals surface area (Å²) in [5.41, 5.74) is 1.31. The first-order chi connectivity index (χ1) is 13.3. The molecule has 0 radical (unpaired) electrons. The highest BCUT2D eigenvalue weighted by atomic mass is 35.5. The predicted molar refractivity (Wildman–Crippen MR) is 113 cm³/mol. The molecule has 0 N–H and O–H groups in total. The van der Waals surface area contributed by atoms with Crippen molar-refractivity contribution in [3.8, 4) is 0 Å². The van der Waals surface area contributed by atoms with Gasteiger partial charge in [0.2, 0.25) is 0 Å². The third-order valence-corrected chi connectivity index (χ3v) is 5.52. The van der Waals surface area contributed by atoms with Crippen LogP contribution in [0.2, 0.25) is 10.0 Å². The number of urea groups is 1. The predicted octanol–water partition coefficient (Wildman–Crippen LogP) is 6.22. The summed E-state index contributed by atoms with van der Waals surface area (Å²) in [5.74, 6) is 0. The van der Waals surface area contributed by atoms with Crippen molar-refractivity contribution in [1.29, 1.82) is 0 Å². The van der Waals surface area contributed by atoms with Crippen molar-refractivity contribution in [2.75, 3.05) is 13.2 Å². The number of halogens is 2. The molecule has 0 bridgehead atoms. The normalized spacial score (nSPS) is 17.7. The lowest BCUT2D eigenvalue weighted by molar-refractivity contribution is -0.164. The van der Waals surface area contributed by atoms with Crippen LogP contribution in [0.3, 0.4) is 0 Å². The summed E-state index contributed by atoms with van der Waals surface area (Å²) >= 11 is 12.4. The molecule has 2 aromatic carbocycles. The minimum Gasteiger partial charge on any atom is -0.314 e.